The predicted octanol–water partition coefficient (Wildman–Crippen LogP) is 0.289. The molecule has 1 fully saturated rings. The van der Waals surface area contributed by atoms with Crippen molar-refractivity contribution in [1.82, 2.24) is 30.7 Å². The Hall–Kier alpha value is 3.21. The van der Waals surface area contributed by atoms with E-state index in [9.17, 15) is 74.7 Å². The molecule has 1 heterocycles. The maximum atomic E-state index is 14.9. The Bertz CT molecular complexity index is 2270. The Balaban J connectivity index is 0.00000864. The molecule has 0 atom stereocenters. The van der Waals surface area contributed by atoms with Crippen LogP contribution in [0.25, 0.3) is 0 Å². The van der Waals surface area contributed by atoms with Crippen molar-refractivity contribution in [2.75, 3.05) is 78.9 Å². The first-order chi connectivity index (χ1) is 32.5. The normalized spacial score (nSPS) is 12.8. The number of hydrogen-bond acceptors (Lipinski definition) is 15. The van der Waals surface area contributed by atoms with Gasteiger partial charge in [-0.25, -0.2) is 0 Å². The van der Waals surface area contributed by atoms with Crippen LogP contribution in [0.3, 0.4) is 0 Å². The van der Waals surface area contributed by atoms with E-state index >= 15 is 0 Å². The number of carbonyl (C=O) groups is 6. The topological polar surface area (TPSA) is 330 Å². The van der Waals surface area contributed by atoms with E-state index in [0.29, 0.717) is 0 Å². The number of aliphatic hydroxyl groups is 6. The predicted molar refractivity (Wildman–Crippen MR) is 344 cm³/mol. The van der Waals surface area contributed by atoms with E-state index in [4.69, 9.17) is 0 Å². The van der Waals surface area contributed by atoms with Crippen molar-refractivity contribution in [3.8, 4) is 17.2 Å². The summed E-state index contributed by atoms with van der Waals surface area (Å²) in [5.41, 5.74) is -0.716. The average molecular weight is 2050 g/mol. The summed E-state index contributed by atoms with van der Waals surface area (Å²) in [5, 5.41) is 99.3. The number of halogens is 9. The van der Waals surface area contributed by atoms with Crippen LogP contribution in [0, 0.1) is 32.1 Å². The van der Waals surface area contributed by atoms with Gasteiger partial charge in [-0.05, 0) is 203 Å². The molecular weight excluding hydrogens is 2000 g/mol. The van der Waals surface area contributed by atoms with Crippen molar-refractivity contribution in [1.29, 1.82) is 0 Å². The molecule has 1 saturated heterocycles. The van der Waals surface area contributed by atoms with Gasteiger partial charge in [0.15, 0.2) is 0 Å². The van der Waals surface area contributed by atoms with Crippen LogP contribution < -0.4 is 16.0 Å². The SMILES string of the molecule is O=C(NC(CO)CO)c1c(I)c(O)c(I)c(C(=O)N2CCN(C(=O)c3c(I)c(O)c(I)c(C(=O)NC(CO)CO)c3I)CCN(C(=O)c3c(I)c(O)c(I)c(C(=O)NC(CO)CO)c3I)CC2)c1I.[NaH].[NaH].[NaH]. The van der Waals surface area contributed by atoms with Gasteiger partial charge in [-0.1, -0.05) is 0 Å². The summed E-state index contributed by atoms with van der Waals surface area (Å²) in [6.07, 6.45) is 0. The van der Waals surface area contributed by atoms with Crippen LogP contribution in [0.15, 0.2) is 0 Å². The first-order valence-electron chi connectivity index (χ1n) is 19.6. The van der Waals surface area contributed by atoms with Gasteiger partial charge >= 0.3 is 88.7 Å². The maximum absolute atomic E-state index is 14.9. The molecule has 0 spiro atoms. The first kappa shape index (κ1) is 73.2. The van der Waals surface area contributed by atoms with Gasteiger partial charge in [-0.3, -0.25) is 28.8 Å². The van der Waals surface area contributed by atoms with E-state index in [-0.39, 0.29) is 193 Å². The van der Waals surface area contributed by atoms with Crippen molar-refractivity contribution >= 4 is 327 Å². The van der Waals surface area contributed by atoms with Crippen molar-refractivity contribution in [2.24, 2.45) is 0 Å². The molecule has 0 saturated carbocycles. The average Bonchev–Trinajstić information content (AvgIpc) is 3.43. The van der Waals surface area contributed by atoms with E-state index < -0.39 is 110 Å². The number of aliphatic hydroxyl groups excluding tert-OH is 6. The van der Waals surface area contributed by atoms with E-state index in [0.717, 1.165) is 0 Å². The van der Waals surface area contributed by atoms with E-state index in [1.807, 2.05) is 0 Å². The molecule has 0 aliphatic carbocycles. The summed E-state index contributed by atoms with van der Waals surface area (Å²) in [6, 6.07) is -3.20. The molecule has 0 aromatic heterocycles. The van der Waals surface area contributed by atoms with Gasteiger partial charge in [0.2, 0.25) is 0 Å². The fourth-order valence-electron chi connectivity index (χ4n) is 6.48. The second kappa shape index (κ2) is 34.0. The monoisotopic (exact) mass is 2050 g/mol. The molecule has 21 nitrogen and oxygen atoms in total. The fraction of sp³-hybridized carbons (Fsp3) is 0.385. The van der Waals surface area contributed by atoms with Crippen molar-refractivity contribution in [3.05, 3.63) is 65.5 Å². The molecule has 0 radical (unpaired) electrons. The van der Waals surface area contributed by atoms with Crippen molar-refractivity contribution < 1.29 is 74.7 Å². The molecule has 33 heteroatoms. The summed E-state index contributed by atoms with van der Waals surface area (Å²) in [7, 11) is 0. The number of aromatic hydroxyl groups is 3. The minimum absolute atomic E-state index is 0. The Morgan fingerprint density at radius 1 is 0.347 bits per heavy atom. The number of nitrogens with one attached hydrogen (secondary N) is 3. The summed E-state index contributed by atoms with van der Waals surface area (Å²) in [4.78, 5) is 89.4. The number of rotatable bonds is 15. The zero-order valence-electron chi connectivity index (χ0n) is 34.9. The Kier molecular flexibility index (Phi) is 34.5. The second-order valence-electron chi connectivity index (χ2n) is 14.6. The standard InChI is InChI=1S/C39H39I9N6O15.3Na.3H/c40-22-16(34(64)49-13(7-55)8-56)25(43)31(61)28(46)19(22)37(67)52-1-2-53(38(68)20-23(41)17(26(44)32(62)29(20)47)35(65)50-14(9-57)10-58)5-6-54(4-3-52)39(69)21-24(42)18(27(45)33(63)30(21)48)36(66)51-15(11-59)12-60;;;;;;/h13-15,55-63H,1-12H2,(H,49,64)(H,50,65)(H,51,66);;;;;;. The van der Waals surface area contributed by atoms with E-state index in [2.05, 4.69) is 16.0 Å². The number of benzene rings is 3. The second-order valence-corrected chi connectivity index (χ2v) is 24.3. The van der Waals surface area contributed by atoms with Crippen LogP contribution in [0.5, 0.6) is 17.2 Å². The number of carbonyl (C=O) groups excluding carboxylic acids is 6. The van der Waals surface area contributed by atoms with Gasteiger partial charge in [0.1, 0.15) is 17.2 Å². The van der Waals surface area contributed by atoms with Crippen LogP contribution >= 0.6 is 203 Å². The number of phenolic OH excluding ortho intramolecular Hbond substituents is 3. The van der Waals surface area contributed by atoms with Crippen LogP contribution in [-0.4, -0.2) is 282 Å². The van der Waals surface area contributed by atoms with Crippen LogP contribution in [-0.2, 0) is 0 Å². The zero-order chi connectivity index (χ0) is 51.9. The molecule has 3 aromatic rings. The molecule has 72 heavy (non-hydrogen) atoms. The summed E-state index contributed by atoms with van der Waals surface area (Å²) >= 11 is 15.9. The third kappa shape index (κ3) is 16.9. The van der Waals surface area contributed by atoms with Gasteiger partial charge in [0.25, 0.3) is 35.4 Å². The molecule has 0 bridgehead atoms. The third-order valence-electron chi connectivity index (χ3n) is 10.3. The number of hydrogen-bond donors (Lipinski definition) is 12. The zero-order valence-corrected chi connectivity index (χ0v) is 54.4. The summed E-state index contributed by atoms with van der Waals surface area (Å²) in [6.45, 7) is -4.94. The molecule has 1 aliphatic rings. The van der Waals surface area contributed by atoms with Gasteiger partial charge in [-0.2, -0.15) is 0 Å². The molecule has 1 aliphatic heterocycles. The molecule has 384 valence electrons. The number of phenols is 3. The van der Waals surface area contributed by atoms with Gasteiger partial charge < -0.3 is 76.6 Å². The van der Waals surface area contributed by atoms with Crippen LogP contribution in [0.4, 0.5) is 0 Å². The van der Waals surface area contributed by atoms with Gasteiger partial charge in [-0.15, -0.1) is 0 Å². The quantitative estimate of drug-likeness (QED) is 0.0719. The van der Waals surface area contributed by atoms with Gasteiger partial charge in [0, 0.05) is 50.0 Å². The Labute approximate surface area is 601 Å². The van der Waals surface area contributed by atoms with Crippen LogP contribution in [0.2, 0.25) is 0 Å². The number of amides is 6. The van der Waals surface area contributed by atoms with E-state index in [1.165, 1.54) is 14.7 Å². The van der Waals surface area contributed by atoms with E-state index in [1.54, 1.807) is 203 Å². The van der Waals surface area contributed by atoms with Crippen LogP contribution in [0.1, 0.15) is 62.1 Å². The van der Waals surface area contributed by atoms with Crippen molar-refractivity contribution in [2.45, 2.75) is 18.1 Å². The van der Waals surface area contributed by atoms with Gasteiger partial charge in [0.05, 0.1) is 113 Å². The Morgan fingerprint density at radius 3 is 0.681 bits per heavy atom. The molecule has 12 N–H and O–H groups in total. The molecule has 0 unspecified atom stereocenters. The summed E-state index contributed by atoms with van der Waals surface area (Å²) < 4.78 is 0.703. The minimum atomic E-state index is -1.07. The van der Waals surface area contributed by atoms with Crippen molar-refractivity contribution in [3.63, 3.8) is 0 Å². The molecule has 6 amide bonds. The number of nitrogens with zero attached hydrogens (tertiary/aromatic N) is 3. The molecule has 3 aromatic carbocycles. The first-order valence-corrected chi connectivity index (χ1v) is 29.3. The fourth-order valence-corrected chi connectivity index (χ4v) is 18.8. The Morgan fingerprint density at radius 2 is 0.514 bits per heavy atom. The molecule has 4 rings (SSSR count). The molecular formula is C39H42I9N6Na3O15. The summed E-state index contributed by atoms with van der Waals surface area (Å²) in [5.74, 6) is -5.86. The third-order valence-corrected chi connectivity index (χ3v) is 19.9.